The number of anilines is 3. The molecule has 1 amide bonds. The monoisotopic (exact) mass is 345 g/mol. The summed E-state index contributed by atoms with van der Waals surface area (Å²) in [5.41, 5.74) is 2.36. The third-order valence-corrected chi connectivity index (χ3v) is 3.90. The lowest BCUT2D eigenvalue weighted by molar-refractivity contribution is 0.102. The van der Waals surface area contributed by atoms with Gasteiger partial charge in [0, 0.05) is 25.6 Å². The third kappa shape index (κ3) is 2.95. The summed E-state index contributed by atoms with van der Waals surface area (Å²) in [6.45, 7) is 0. The van der Waals surface area contributed by atoms with E-state index in [4.69, 9.17) is 0 Å². The smallest absolute Gasteiger partial charge is 0.261 e. The van der Waals surface area contributed by atoms with E-state index in [9.17, 15) is 4.79 Å². The highest BCUT2D eigenvalue weighted by atomic mass is 16.1. The molecule has 0 aliphatic heterocycles. The number of hydrogen-bond donors (Lipinski definition) is 1. The Morgan fingerprint density at radius 1 is 1.08 bits per heavy atom. The minimum atomic E-state index is -0.290. The van der Waals surface area contributed by atoms with Gasteiger partial charge in [0.1, 0.15) is 11.4 Å². The highest BCUT2D eigenvalue weighted by Crippen LogP contribution is 2.22. The van der Waals surface area contributed by atoms with E-state index in [2.05, 4.69) is 25.4 Å². The van der Waals surface area contributed by atoms with Gasteiger partial charge in [0.2, 0.25) is 0 Å². The van der Waals surface area contributed by atoms with E-state index in [1.807, 2.05) is 30.1 Å². The Bertz CT molecular complexity index is 1050. The molecule has 4 heterocycles. The number of carbonyl (C=O) groups is 1. The molecule has 0 bridgehead atoms. The first-order valence-corrected chi connectivity index (χ1v) is 7.92. The van der Waals surface area contributed by atoms with Crippen molar-refractivity contribution in [3.05, 3.63) is 73.1 Å². The average molecular weight is 345 g/mol. The Labute approximate surface area is 149 Å². The zero-order valence-electron chi connectivity index (χ0n) is 13.9. The standard InChI is InChI=1S/C18H15N7O/c1-24(14-5-3-8-20-11-14)16-6-9-25-17(23-16)15(12-21-25)18(26)22-13-4-2-7-19-10-13/h2-12H,1H3,(H,22,26). The van der Waals surface area contributed by atoms with Crippen molar-refractivity contribution in [2.75, 3.05) is 17.3 Å². The molecule has 0 radical (unpaired) electrons. The van der Waals surface area contributed by atoms with Gasteiger partial charge in [-0.3, -0.25) is 14.8 Å². The number of pyridine rings is 2. The summed E-state index contributed by atoms with van der Waals surface area (Å²) in [6, 6.07) is 9.15. The zero-order valence-corrected chi connectivity index (χ0v) is 13.9. The average Bonchev–Trinajstić information content (AvgIpc) is 3.12. The van der Waals surface area contributed by atoms with Crippen LogP contribution >= 0.6 is 0 Å². The molecule has 0 unspecified atom stereocenters. The van der Waals surface area contributed by atoms with Gasteiger partial charge in [0.25, 0.3) is 5.91 Å². The van der Waals surface area contributed by atoms with E-state index in [1.54, 1.807) is 47.6 Å². The van der Waals surface area contributed by atoms with Crippen LogP contribution in [0, 0.1) is 0 Å². The zero-order chi connectivity index (χ0) is 17.9. The van der Waals surface area contributed by atoms with Crippen LogP contribution < -0.4 is 10.2 Å². The van der Waals surface area contributed by atoms with Gasteiger partial charge in [0.15, 0.2) is 5.65 Å². The van der Waals surface area contributed by atoms with Gasteiger partial charge < -0.3 is 10.2 Å². The van der Waals surface area contributed by atoms with Crippen molar-refractivity contribution >= 4 is 28.7 Å². The van der Waals surface area contributed by atoms with Gasteiger partial charge in [-0.25, -0.2) is 9.50 Å². The molecular weight excluding hydrogens is 330 g/mol. The molecule has 4 aromatic rings. The summed E-state index contributed by atoms with van der Waals surface area (Å²) < 4.78 is 1.57. The number of carbonyl (C=O) groups excluding carboxylic acids is 1. The van der Waals surface area contributed by atoms with Crippen molar-refractivity contribution in [1.29, 1.82) is 0 Å². The van der Waals surface area contributed by atoms with E-state index >= 15 is 0 Å². The van der Waals surface area contributed by atoms with Crippen LogP contribution in [-0.2, 0) is 0 Å². The van der Waals surface area contributed by atoms with Crippen LogP contribution in [0.25, 0.3) is 5.65 Å². The summed E-state index contributed by atoms with van der Waals surface area (Å²) in [6.07, 6.45) is 9.96. The van der Waals surface area contributed by atoms with Crippen molar-refractivity contribution in [3.63, 3.8) is 0 Å². The topological polar surface area (TPSA) is 88.3 Å². The minimum Gasteiger partial charge on any atom is -0.328 e. The van der Waals surface area contributed by atoms with Crippen molar-refractivity contribution in [3.8, 4) is 0 Å². The van der Waals surface area contributed by atoms with Crippen LogP contribution in [0.4, 0.5) is 17.2 Å². The molecule has 0 aromatic carbocycles. The molecule has 0 atom stereocenters. The molecule has 0 spiro atoms. The Morgan fingerprint density at radius 2 is 1.88 bits per heavy atom. The van der Waals surface area contributed by atoms with E-state index in [0.29, 0.717) is 22.7 Å². The molecule has 0 saturated carbocycles. The van der Waals surface area contributed by atoms with Crippen LogP contribution in [0.1, 0.15) is 10.4 Å². The summed E-state index contributed by atoms with van der Waals surface area (Å²) in [7, 11) is 1.89. The fourth-order valence-electron chi connectivity index (χ4n) is 2.53. The largest absolute Gasteiger partial charge is 0.328 e. The lowest BCUT2D eigenvalue weighted by Gasteiger charge is -2.17. The second-order valence-corrected chi connectivity index (χ2v) is 5.58. The van der Waals surface area contributed by atoms with Gasteiger partial charge in [-0.15, -0.1) is 0 Å². The number of aromatic nitrogens is 5. The Balaban J connectivity index is 1.67. The number of nitrogens with one attached hydrogen (secondary N) is 1. The van der Waals surface area contributed by atoms with E-state index in [-0.39, 0.29) is 5.91 Å². The van der Waals surface area contributed by atoms with E-state index in [1.165, 1.54) is 6.20 Å². The van der Waals surface area contributed by atoms with Gasteiger partial charge in [0.05, 0.1) is 30.0 Å². The van der Waals surface area contributed by atoms with Gasteiger partial charge >= 0.3 is 0 Å². The SMILES string of the molecule is CN(c1cccnc1)c1ccn2ncc(C(=O)Nc3cccnc3)c2n1. The molecule has 0 aliphatic carbocycles. The predicted molar refractivity (Wildman–Crippen MR) is 97.5 cm³/mol. The maximum atomic E-state index is 12.6. The molecule has 8 heteroatoms. The van der Waals surface area contributed by atoms with Gasteiger partial charge in [-0.1, -0.05) is 0 Å². The van der Waals surface area contributed by atoms with Crippen molar-refractivity contribution < 1.29 is 4.79 Å². The Morgan fingerprint density at radius 3 is 2.62 bits per heavy atom. The first kappa shape index (κ1) is 15.7. The quantitative estimate of drug-likeness (QED) is 0.611. The summed E-state index contributed by atoms with van der Waals surface area (Å²) in [5, 5.41) is 7.00. The number of fused-ring (bicyclic) bond motifs is 1. The minimum absolute atomic E-state index is 0.290. The normalized spacial score (nSPS) is 10.7. The van der Waals surface area contributed by atoms with Gasteiger partial charge in [-0.2, -0.15) is 5.10 Å². The van der Waals surface area contributed by atoms with E-state index < -0.39 is 0 Å². The van der Waals surface area contributed by atoms with Crippen LogP contribution in [-0.4, -0.2) is 37.5 Å². The molecule has 26 heavy (non-hydrogen) atoms. The first-order valence-electron chi connectivity index (χ1n) is 7.92. The van der Waals surface area contributed by atoms with Crippen LogP contribution in [0.3, 0.4) is 0 Å². The number of amides is 1. The summed E-state index contributed by atoms with van der Waals surface area (Å²) >= 11 is 0. The summed E-state index contributed by atoms with van der Waals surface area (Å²) in [5.74, 6) is 0.392. The molecular formula is C18H15N7O. The fourth-order valence-corrected chi connectivity index (χ4v) is 2.53. The fraction of sp³-hybridized carbons (Fsp3) is 0.0556. The third-order valence-electron chi connectivity index (χ3n) is 3.90. The van der Waals surface area contributed by atoms with Crippen molar-refractivity contribution in [1.82, 2.24) is 24.6 Å². The number of rotatable bonds is 4. The molecule has 4 rings (SSSR count). The van der Waals surface area contributed by atoms with Crippen LogP contribution in [0.2, 0.25) is 0 Å². The predicted octanol–water partition coefficient (Wildman–Crippen LogP) is 2.54. The maximum Gasteiger partial charge on any atom is 0.261 e. The molecule has 0 aliphatic rings. The van der Waals surface area contributed by atoms with Gasteiger partial charge in [-0.05, 0) is 30.3 Å². The molecule has 8 nitrogen and oxygen atoms in total. The molecule has 1 N–H and O–H groups in total. The molecule has 0 saturated heterocycles. The lowest BCUT2D eigenvalue weighted by atomic mass is 10.3. The molecule has 4 aromatic heterocycles. The second kappa shape index (κ2) is 6.60. The maximum absolute atomic E-state index is 12.6. The second-order valence-electron chi connectivity index (χ2n) is 5.58. The van der Waals surface area contributed by atoms with Crippen molar-refractivity contribution in [2.45, 2.75) is 0 Å². The molecule has 0 fully saturated rings. The highest BCUT2D eigenvalue weighted by Gasteiger charge is 2.16. The highest BCUT2D eigenvalue weighted by molar-refractivity contribution is 6.08. The summed E-state index contributed by atoms with van der Waals surface area (Å²) in [4.78, 5) is 27.2. The van der Waals surface area contributed by atoms with E-state index in [0.717, 1.165) is 5.69 Å². The van der Waals surface area contributed by atoms with Crippen LogP contribution in [0.15, 0.2) is 67.5 Å². The van der Waals surface area contributed by atoms with Crippen LogP contribution in [0.5, 0.6) is 0 Å². The first-order chi connectivity index (χ1) is 12.7. The number of hydrogen-bond acceptors (Lipinski definition) is 6. The molecule has 128 valence electrons. The van der Waals surface area contributed by atoms with Crippen molar-refractivity contribution in [2.24, 2.45) is 0 Å². The Kier molecular flexibility index (Phi) is 3.98. The Hall–Kier alpha value is -3.81. The lowest BCUT2D eigenvalue weighted by Crippen LogP contribution is -2.14. The number of nitrogens with zero attached hydrogens (tertiary/aromatic N) is 6.